The summed E-state index contributed by atoms with van der Waals surface area (Å²) < 4.78 is 1.68. The average molecular weight is 245 g/mol. The van der Waals surface area contributed by atoms with E-state index in [1.165, 1.54) is 12.1 Å². The third-order valence-corrected chi connectivity index (χ3v) is 2.86. The molecule has 0 atom stereocenters. The lowest BCUT2D eigenvalue weighted by Crippen LogP contribution is -2.13. The first kappa shape index (κ1) is 12.2. The van der Waals surface area contributed by atoms with Gasteiger partial charge in [0.1, 0.15) is 5.75 Å². The summed E-state index contributed by atoms with van der Waals surface area (Å²) >= 11 is 0. The molecule has 0 fully saturated rings. The van der Waals surface area contributed by atoms with Gasteiger partial charge in [-0.15, -0.1) is 0 Å². The van der Waals surface area contributed by atoms with Gasteiger partial charge in [0.25, 0.3) is 5.91 Å². The summed E-state index contributed by atoms with van der Waals surface area (Å²) in [6.45, 7) is 3.66. The zero-order valence-corrected chi connectivity index (χ0v) is 10.6. The number of aromatic hydroxyl groups is 1. The van der Waals surface area contributed by atoms with E-state index in [0.29, 0.717) is 16.9 Å². The van der Waals surface area contributed by atoms with Crippen molar-refractivity contribution in [2.45, 2.75) is 13.8 Å². The highest BCUT2D eigenvalue weighted by atomic mass is 16.3. The molecule has 18 heavy (non-hydrogen) atoms. The monoisotopic (exact) mass is 245 g/mol. The molecule has 2 N–H and O–H groups in total. The zero-order chi connectivity index (χ0) is 13.3. The predicted octanol–water partition coefficient (Wildman–Crippen LogP) is 1.99. The van der Waals surface area contributed by atoms with Crippen molar-refractivity contribution in [1.82, 2.24) is 9.78 Å². The summed E-state index contributed by atoms with van der Waals surface area (Å²) in [7, 11) is 1.81. The van der Waals surface area contributed by atoms with Crippen LogP contribution in [0.5, 0.6) is 5.75 Å². The molecule has 0 bridgehead atoms. The molecular weight excluding hydrogens is 230 g/mol. The molecule has 0 aliphatic heterocycles. The molecule has 1 amide bonds. The van der Waals surface area contributed by atoms with Crippen LogP contribution in [0, 0.1) is 13.8 Å². The second kappa shape index (κ2) is 4.52. The van der Waals surface area contributed by atoms with E-state index in [4.69, 9.17) is 0 Å². The number of hydrogen-bond donors (Lipinski definition) is 2. The average Bonchev–Trinajstić information content (AvgIpc) is 2.56. The Hall–Kier alpha value is -2.30. The van der Waals surface area contributed by atoms with Gasteiger partial charge in [-0.05, 0) is 38.1 Å². The summed E-state index contributed by atoms with van der Waals surface area (Å²) in [5.41, 5.74) is 2.75. The van der Waals surface area contributed by atoms with Gasteiger partial charge in [-0.3, -0.25) is 9.48 Å². The minimum absolute atomic E-state index is 0.168. The van der Waals surface area contributed by atoms with Crippen molar-refractivity contribution in [2.75, 3.05) is 5.32 Å². The maximum absolute atomic E-state index is 12.1. The molecule has 1 aromatic heterocycles. The zero-order valence-electron chi connectivity index (χ0n) is 10.6. The smallest absolute Gasteiger partial charge is 0.259 e. The normalized spacial score (nSPS) is 10.4. The number of nitrogens with one attached hydrogen (secondary N) is 1. The highest BCUT2D eigenvalue weighted by molar-refractivity contribution is 6.05. The van der Waals surface area contributed by atoms with Crippen LogP contribution in [-0.2, 0) is 7.05 Å². The van der Waals surface area contributed by atoms with Gasteiger partial charge < -0.3 is 10.4 Å². The number of rotatable bonds is 2. The van der Waals surface area contributed by atoms with Crippen molar-refractivity contribution < 1.29 is 9.90 Å². The Labute approximate surface area is 105 Å². The maximum Gasteiger partial charge on any atom is 0.259 e. The van der Waals surface area contributed by atoms with Crippen LogP contribution < -0.4 is 5.32 Å². The van der Waals surface area contributed by atoms with Crippen LogP contribution in [0.15, 0.2) is 24.3 Å². The topological polar surface area (TPSA) is 67.2 Å². The Morgan fingerprint density at radius 2 is 1.89 bits per heavy atom. The third kappa shape index (κ3) is 2.20. The van der Waals surface area contributed by atoms with Crippen molar-refractivity contribution in [3.8, 4) is 5.75 Å². The minimum atomic E-state index is -0.191. The number of anilines is 1. The SMILES string of the molecule is Cc1nn(C)c(C)c1C(=O)Nc1ccc(O)cc1. The van der Waals surface area contributed by atoms with Gasteiger partial charge in [0.15, 0.2) is 0 Å². The number of benzene rings is 1. The van der Waals surface area contributed by atoms with Gasteiger partial charge in [0, 0.05) is 18.4 Å². The second-order valence-electron chi connectivity index (χ2n) is 4.17. The number of aromatic nitrogens is 2. The maximum atomic E-state index is 12.1. The van der Waals surface area contributed by atoms with E-state index < -0.39 is 0 Å². The summed E-state index contributed by atoms with van der Waals surface area (Å²) in [5.74, 6) is -0.0227. The van der Waals surface area contributed by atoms with E-state index in [0.717, 1.165) is 5.69 Å². The third-order valence-electron chi connectivity index (χ3n) is 2.86. The Bertz CT molecular complexity index is 585. The van der Waals surface area contributed by atoms with Crippen molar-refractivity contribution in [3.05, 3.63) is 41.2 Å². The highest BCUT2D eigenvalue weighted by Gasteiger charge is 2.17. The Kier molecular flexibility index (Phi) is 3.06. The Morgan fingerprint density at radius 3 is 2.39 bits per heavy atom. The molecule has 5 heteroatoms. The molecule has 1 heterocycles. The van der Waals surface area contributed by atoms with Crippen LogP contribution >= 0.6 is 0 Å². The van der Waals surface area contributed by atoms with Crippen molar-refractivity contribution in [3.63, 3.8) is 0 Å². The van der Waals surface area contributed by atoms with E-state index in [2.05, 4.69) is 10.4 Å². The van der Waals surface area contributed by atoms with Crippen LogP contribution in [0.3, 0.4) is 0 Å². The summed E-state index contributed by atoms with van der Waals surface area (Å²) in [5, 5.41) is 16.2. The number of hydrogen-bond acceptors (Lipinski definition) is 3. The van der Waals surface area contributed by atoms with Gasteiger partial charge in [-0.1, -0.05) is 0 Å². The number of phenolic OH excluding ortho intramolecular Hbond substituents is 1. The van der Waals surface area contributed by atoms with E-state index in [9.17, 15) is 9.90 Å². The van der Waals surface area contributed by atoms with Gasteiger partial charge >= 0.3 is 0 Å². The molecule has 0 saturated heterocycles. The summed E-state index contributed by atoms with van der Waals surface area (Å²) in [6.07, 6.45) is 0. The van der Waals surface area contributed by atoms with Gasteiger partial charge in [0.2, 0.25) is 0 Å². The molecule has 0 spiro atoms. The van der Waals surface area contributed by atoms with E-state index in [1.807, 2.05) is 6.92 Å². The first-order chi connectivity index (χ1) is 8.49. The molecule has 0 unspecified atom stereocenters. The number of nitrogens with zero attached hydrogens (tertiary/aromatic N) is 2. The molecule has 94 valence electrons. The largest absolute Gasteiger partial charge is 0.508 e. The van der Waals surface area contributed by atoms with Crippen LogP contribution in [0.4, 0.5) is 5.69 Å². The summed E-state index contributed by atoms with van der Waals surface area (Å²) in [6, 6.07) is 6.35. The molecule has 0 aliphatic rings. The number of amides is 1. The predicted molar refractivity (Wildman–Crippen MR) is 68.7 cm³/mol. The first-order valence-electron chi connectivity index (χ1n) is 5.59. The van der Waals surface area contributed by atoms with E-state index in [1.54, 1.807) is 30.8 Å². The first-order valence-corrected chi connectivity index (χ1v) is 5.59. The van der Waals surface area contributed by atoms with Crippen molar-refractivity contribution in [2.24, 2.45) is 7.05 Å². The molecular formula is C13H15N3O2. The lowest BCUT2D eigenvalue weighted by atomic mass is 10.2. The fraction of sp³-hybridized carbons (Fsp3) is 0.231. The molecule has 2 rings (SSSR count). The highest BCUT2D eigenvalue weighted by Crippen LogP contribution is 2.17. The van der Waals surface area contributed by atoms with Gasteiger partial charge in [0.05, 0.1) is 11.3 Å². The lowest BCUT2D eigenvalue weighted by molar-refractivity contribution is 0.102. The van der Waals surface area contributed by atoms with Crippen LogP contribution in [-0.4, -0.2) is 20.8 Å². The Morgan fingerprint density at radius 1 is 1.28 bits per heavy atom. The van der Waals surface area contributed by atoms with Crippen LogP contribution in [0.1, 0.15) is 21.7 Å². The van der Waals surface area contributed by atoms with Crippen LogP contribution in [0.25, 0.3) is 0 Å². The van der Waals surface area contributed by atoms with Gasteiger partial charge in [-0.2, -0.15) is 5.10 Å². The molecule has 1 aromatic carbocycles. The number of aryl methyl sites for hydroxylation is 2. The number of carbonyl (C=O) groups is 1. The molecule has 0 aliphatic carbocycles. The molecule has 0 saturated carbocycles. The van der Waals surface area contributed by atoms with E-state index >= 15 is 0 Å². The molecule has 0 radical (unpaired) electrons. The second-order valence-corrected chi connectivity index (χ2v) is 4.17. The van der Waals surface area contributed by atoms with Gasteiger partial charge in [-0.25, -0.2) is 0 Å². The number of carbonyl (C=O) groups excluding carboxylic acids is 1. The van der Waals surface area contributed by atoms with Crippen LogP contribution in [0.2, 0.25) is 0 Å². The summed E-state index contributed by atoms with van der Waals surface area (Å²) in [4.78, 5) is 12.1. The molecule has 2 aromatic rings. The standard InChI is InChI=1S/C13H15N3O2/c1-8-12(9(2)16(3)15-8)13(18)14-10-4-6-11(17)7-5-10/h4-7,17H,1-3H3,(H,14,18). The minimum Gasteiger partial charge on any atom is -0.508 e. The van der Waals surface area contributed by atoms with E-state index in [-0.39, 0.29) is 11.7 Å². The molecule has 5 nitrogen and oxygen atoms in total. The lowest BCUT2D eigenvalue weighted by Gasteiger charge is -2.05. The Balaban J connectivity index is 2.24. The van der Waals surface area contributed by atoms with Crippen molar-refractivity contribution in [1.29, 1.82) is 0 Å². The quantitative estimate of drug-likeness (QED) is 0.795. The number of phenols is 1. The fourth-order valence-corrected chi connectivity index (χ4v) is 1.84. The fourth-order valence-electron chi connectivity index (χ4n) is 1.84. The van der Waals surface area contributed by atoms with Crippen molar-refractivity contribution >= 4 is 11.6 Å².